The van der Waals surface area contributed by atoms with Crippen molar-refractivity contribution in [2.24, 2.45) is 0 Å². The smallest absolute Gasteiger partial charge is 0.229 e. The zero-order valence-electron chi connectivity index (χ0n) is 13.9. The molecule has 3 N–H and O–H groups in total. The number of nitrogens with two attached hydrogens (primary N) is 1. The summed E-state index contributed by atoms with van der Waals surface area (Å²) in [5.41, 5.74) is 9.70. The van der Waals surface area contributed by atoms with E-state index in [1.165, 1.54) is 0 Å². The van der Waals surface area contributed by atoms with Crippen LogP contribution >= 0.6 is 23.2 Å². The fourth-order valence-electron chi connectivity index (χ4n) is 2.44. The number of nitrogens with zero attached hydrogens (tertiary/aromatic N) is 3. The molecule has 0 bridgehead atoms. The summed E-state index contributed by atoms with van der Waals surface area (Å²) < 4.78 is 0. The molecule has 1 aromatic heterocycles. The number of halogens is 2. The Morgan fingerprint density at radius 3 is 2.35 bits per heavy atom. The lowest BCUT2D eigenvalue weighted by Crippen LogP contribution is -2.08. The van der Waals surface area contributed by atoms with Crippen LogP contribution in [0.15, 0.2) is 42.5 Å². The first-order chi connectivity index (χ1) is 12.5. The van der Waals surface area contributed by atoms with Gasteiger partial charge in [-0.15, -0.1) is 0 Å². The second-order valence-corrected chi connectivity index (χ2v) is 6.51. The number of hydrogen-bond donors (Lipinski definition) is 2. The minimum Gasteiger partial charge on any atom is -0.383 e. The molecule has 3 rings (SSSR count). The number of benzene rings is 2. The van der Waals surface area contributed by atoms with Crippen LogP contribution < -0.4 is 11.1 Å². The molecule has 5 nitrogen and oxygen atoms in total. The summed E-state index contributed by atoms with van der Waals surface area (Å²) in [5.74, 6) is 0.755. The van der Waals surface area contributed by atoms with Crippen molar-refractivity contribution in [1.29, 1.82) is 5.26 Å². The highest BCUT2D eigenvalue weighted by Gasteiger charge is 2.13. The van der Waals surface area contributed by atoms with Gasteiger partial charge in [0, 0.05) is 27.7 Å². The number of anilines is 3. The normalized spacial score (nSPS) is 10.4. The summed E-state index contributed by atoms with van der Waals surface area (Å²) in [6, 6.07) is 14.4. The molecule has 0 aliphatic carbocycles. The molecule has 1 heterocycles. The molecule has 7 heteroatoms. The molecule has 2 aromatic carbocycles. The standard InChI is InChI=1S/C19H15Cl2N5/c1-11-17(9-14-15(20)3-2-4-16(14)21)25-19(26-18(11)23)24-13-7-5-12(10-22)6-8-13/h2-8H,9H2,1H3,(H3,23,24,25,26). The topological polar surface area (TPSA) is 87.6 Å². The average molecular weight is 384 g/mol. The molecule has 0 aliphatic heterocycles. The first kappa shape index (κ1) is 18.0. The summed E-state index contributed by atoms with van der Waals surface area (Å²) in [6.07, 6.45) is 0.444. The first-order valence-electron chi connectivity index (χ1n) is 7.81. The lowest BCUT2D eigenvalue weighted by atomic mass is 10.1. The van der Waals surface area contributed by atoms with E-state index in [2.05, 4.69) is 21.4 Å². The highest BCUT2D eigenvalue weighted by Crippen LogP contribution is 2.28. The van der Waals surface area contributed by atoms with E-state index in [0.29, 0.717) is 33.8 Å². The second-order valence-electron chi connectivity index (χ2n) is 5.70. The van der Waals surface area contributed by atoms with E-state index in [0.717, 1.165) is 22.5 Å². The summed E-state index contributed by atoms with van der Waals surface area (Å²) in [5, 5.41) is 13.1. The van der Waals surface area contributed by atoms with E-state index >= 15 is 0 Å². The zero-order valence-corrected chi connectivity index (χ0v) is 15.4. The van der Waals surface area contributed by atoms with E-state index in [4.69, 9.17) is 34.2 Å². The maximum atomic E-state index is 8.87. The predicted molar refractivity (Wildman–Crippen MR) is 105 cm³/mol. The van der Waals surface area contributed by atoms with Crippen LogP contribution in [0.4, 0.5) is 17.5 Å². The van der Waals surface area contributed by atoms with Crippen molar-refractivity contribution in [2.75, 3.05) is 11.1 Å². The van der Waals surface area contributed by atoms with Crippen LogP contribution in [0.5, 0.6) is 0 Å². The van der Waals surface area contributed by atoms with Crippen LogP contribution in [0.2, 0.25) is 10.0 Å². The SMILES string of the molecule is Cc1c(N)nc(Nc2ccc(C#N)cc2)nc1Cc1c(Cl)cccc1Cl. The Kier molecular flexibility index (Phi) is 5.27. The summed E-state index contributed by atoms with van der Waals surface area (Å²) in [6.45, 7) is 1.86. The van der Waals surface area contributed by atoms with Crippen LogP contribution in [0.3, 0.4) is 0 Å². The molecule has 0 saturated heterocycles. The Hall–Kier alpha value is -2.81. The van der Waals surface area contributed by atoms with Crippen molar-refractivity contribution in [3.8, 4) is 6.07 Å². The molecular formula is C19H15Cl2N5. The van der Waals surface area contributed by atoms with Gasteiger partial charge in [-0.05, 0) is 48.9 Å². The van der Waals surface area contributed by atoms with E-state index in [1.807, 2.05) is 6.92 Å². The highest BCUT2D eigenvalue weighted by molar-refractivity contribution is 6.36. The van der Waals surface area contributed by atoms with Crippen molar-refractivity contribution in [1.82, 2.24) is 9.97 Å². The van der Waals surface area contributed by atoms with Gasteiger partial charge in [0.05, 0.1) is 17.3 Å². The third kappa shape index (κ3) is 3.88. The Balaban J connectivity index is 1.93. The molecule has 130 valence electrons. The fourth-order valence-corrected chi connectivity index (χ4v) is 2.97. The van der Waals surface area contributed by atoms with Crippen LogP contribution in [0, 0.1) is 18.3 Å². The maximum absolute atomic E-state index is 8.87. The number of rotatable bonds is 4. The van der Waals surface area contributed by atoms with Crippen molar-refractivity contribution in [3.63, 3.8) is 0 Å². The third-order valence-electron chi connectivity index (χ3n) is 3.96. The summed E-state index contributed by atoms with van der Waals surface area (Å²) >= 11 is 12.5. The minimum atomic E-state index is 0.371. The lowest BCUT2D eigenvalue weighted by molar-refractivity contribution is 1.01. The van der Waals surface area contributed by atoms with Crippen molar-refractivity contribution in [3.05, 3.63) is 74.9 Å². The Morgan fingerprint density at radius 1 is 1.08 bits per heavy atom. The molecule has 0 unspecified atom stereocenters. The van der Waals surface area contributed by atoms with Gasteiger partial charge in [0.25, 0.3) is 0 Å². The average Bonchev–Trinajstić information content (AvgIpc) is 2.63. The summed E-state index contributed by atoms with van der Waals surface area (Å²) in [7, 11) is 0. The molecule has 3 aromatic rings. The number of aromatic nitrogens is 2. The Labute approximate surface area is 161 Å². The van der Waals surface area contributed by atoms with Crippen molar-refractivity contribution < 1.29 is 0 Å². The number of nitriles is 1. The van der Waals surface area contributed by atoms with E-state index < -0.39 is 0 Å². The molecule has 26 heavy (non-hydrogen) atoms. The number of nitrogen functional groups attached to an aromatic ring is 1. The predicted octanol–water partition coefficient (Wildman–Crippen LogP) is 4.88. The van der Waals surface area contributed by atoms with Gasteiger partial charge >= 0.3 is 0 Å². The van der Waals surface area contributed by atoms with Crippen LogP contribution in [-0.4, -0.2) is 9.97 Å². The molecule has 0 saturated carbocycles. The molecule has 0 spiro atoms. The van der Waals surface area contributed by atoms with Crippen molar-refractivity contribution >= 4 is 40.7 Å². The van der Waals surface area contributed by atoms with Gasteiger partial charge in [-0.25, -0.2) is 4.98 Å². The number of nitrogens with one attached hydrogen (secondary N) is 1. The van der Waals surface area contributed by atoms with Crippen molar-refractivity contribution in [2.45, 2.75) is 13.3 Å². The van der Waals surface area contributed by atoms with Gasteiger partial charge in [-0.1, -0.05) is 29.3 Å². The van der Waals surface area contributed by atoms with Gasteiger partial charge in [0.2, 0.25) is 5.95 Å². The van der Waals surface area contributed by atoms with Crippen LogP contribution in [-0.2, 0) is 6.42 Å². The van der Waals surface area contributed by atoms with Crippen LogP contribution in [0.25, 0.3) is 0 Å². The first-order valence-corrected chi connectivity index (χ1v) is 8.56. The zero-order chi connectivity index (χ0) is 18.7. The second kappa shape index (κ2) is 7.61. The molecule has 0 aliphatic rings. The van der Waals surface area contributed by atoms with Gasteiger partial charge in [0.1, 0.15) is 5.82 Å². The molecule has 0 atom stereocenters. The maximum Gasteiger partial charge on any atom is 0.229 e. The Morgan fingerprint density at radius 2 is 1.73 bits per heavy atom. The van der Waals surface area contributed by atoms with Crippen LogP contribution in [0.1, 0.15) is 22.4 Å². The Bertz CT molecular complexity index is 974. The molecule has 0 fully saturated rings. The monoisotopic (exact) mass is 383 g/mol. The molecule has 0 radical (unpaired) electrons. The summed E-state index contributed by atoms with van der Waals surface area (Å²) in [4.78, 5) is 8.85. The van der Waals surface area contributed by atoms with Gasteiger partial charge in [0.15, 0.2) is 0 Å². The number of hydrogen-bond acceptors (Lipinski definition) is 5. The highest BCUT2D eigenvalue weighted by atomic mass is 35.5. The van der Waals surface area contributed by atoms with Gasteiger partial charge in [-0.3, -0.25) is 0 Å². The van der Waals surface area contributed by atoms with E-state index in [-0.39, 0.29) is 0 Å². The largest absolute Gasteiger partial charge is 0.383 e. The molecule has 0 amide bonds. The lowest BCUT2D eigenvalue weighted by Gasteiger charge is -2.13. The van der Waals surface area contributed by atoms with E-state index in [9.17, 15) is 0 Å². The van der Waals surface area contributed by atoms with E-state index in [1.54, 1.807) is 42.5 Å². The fraction of sp³-hybridized carbons (Fsp3) is 0.105. The van der Waals surface area contributed by atoms with Gasteiger partial charge < -0.3 is 11.1 Å². The quantitative estimate of drug-likeness (QED) is 0.669. The third-order valence-corrected chi connectivity index (χ3v) is 4.67. The minimum absolute atomic E-state index is 0.371. The van der Waals surface area contributed by atoms with Gasteiger partial charge in [-0.2, -0.15) is 10.2 Å². The molecular weight excluding hydrogens is 369 g/mol.